The summed E-state index contributed by atoms with van der Waals surface area (Å²) in [5, 5.41) is 8.59. The summed E-state index contributed by atoms with van der Waals surface area (Å²) in [5.74, 6) is 0.768. The lowest BCUT2D eigenvalue weighted by Gasteiger charge is -2.27. The van der Waals surface area contributed by atoms with Crippen LogP contribution in [0.3, 0.4) is 0 Å². The molecule has 0 radical (unpaired) electrons. The maximum Gasteiger partial charge on any atom is 0.261 e. The number of nitrogens with zero attached hydrogens (tertiary/aromatic N) is 3. The van der Waals surface area contributed by atoms with Crippen LogP contribution in [0.25, 0.3) is 10.8 Å². The normalized spacial score (nSPS) is 16.5. The van der Waals surface area contributed by atoms with E-state index in [4.69, 9.17) is 4.52 Å². The van der Waals surface area contributed by atoms with Crippen molar-refractivity contribution in [3.05, 3.63) is 59.2 Å². The molecule has 8 heteroatoms. The minimum atomic E-state index is -0.375. The van der Waals surface area contributed by atoms with Gasteiger partial charge in [-0.1, -0.05) is 43.3 Å². The highest BCUT2D eigenvalue weighted by molar-refractivity contribution is 6.25. The number of imide groups is 1. The first-order chi connectivity index (χ1) is 15.9. The van der Waals surface area contributed by atoms with E-state index >= 15 is 0 Å². The standard InChI is InChI=1S/C25H26N4O4/c1-14(2)21(23-27-22(28-33-23)16-11-12-16)26-19(30)10-5-13-29-24(31)17-8-3-6-15-7-4-9-18(20(15)17)25(29)32/h3-4,6-9,14,16,21H,5,10-13H2,1-2H3,(H,26,30). The van der Waals surface area contributed by atoms with Crippen molar-refractivity contribution in [2.24, 2.45) is 5.92 Å². The molecule has 1 N–H and O–H groups in total. The molecule has 1 saturated carbocycles. The van der Waals surface area contributed by atoms with Crippen LogP contribution in [0.2, 0.25) is 0 Å². The number of hydrogen-bond acceptors (Lipinski definition) is 6. The molecule has 2 heterocycles. The Balaban J connectivity index is 1.22. The third kappa shape index (κ3) is 4.01. The van der Waals surface area contributed by atoms with Gasteiger partial charge in [0.2, 0.25) is 11.8 Å². The van der Waals surface area contributed by atoms with Crippen LogP contribution in [0, 0.1) is 5.92 Å². The lowest BCUT2D eigenvalue weighted by Crippen LogP contribution is -2.41. The zero-order valence-corrected chi connectivity index (χ0v) is 18.7. The van der Waals surface area contributed by atoms with Gasteiger partial charge in [0.15, 0.2) is 5.82 Å². The molecule has 0 spiro atoms. The molecule has 1 aliphatic heterocycles. The second kappa shape index (κ2) is 8.42. The van der Waals surface area contributed by atoms with Gasteiger partial charge in [0.05, 0.1) is 0 Å². The fourth-order valence-corrected chi connectivity index (χ4v) is 4.32. The predicted octanol–water partition coefficient (Wildman–Crippen LogP) is 3.99. The number of aromatic nitrogens is 2. The van der Waals surface area contributed by atoms with E-state index in [1.165, 1.54) is 4.90 Å². The van der Waals surface area contributed by atoms with Crippen LogP contribution in [-0.2, 0) is 4.79 Å². The van der Waals surface area contributed by atoms with Crippen LogP contribution >= 0.6 is 0 Å². The summed E-state index contributed by atoms with van der Waals surface area (Å²) in [6.07, 6.45) is 2.69. The van der Waals surface area contributed by atoms with Crippen LogP contribution in [0.1, 0.15) is 83.9 Å². The van der Waals surface area contributed by atoms with Gasteiger partial charge < -0.3 is 9.84 Å². The van der Waals surface area contributed by atoms with E-state index in [0.717, 1.165) is 18.2 Å². The molecule has 2 aliphatic rings. The third-order valence-electron chi connectivity index (χ3n) is 6.29. The van der Waals surface area contributed by atoms with Crippen molar-refractivity contribution in [3.8, 4) is 0 Å². The Labute approximate surface area is 191 Å². The molecule has 1 unspecified atom stereocenters. The number of amides is 3. The molecule has 1 atom stereocenters. The molecule has 33 heavy (non-hydrogen) atoms. The number of benzene rings is 2. The van der Waals surface area contributed by atoms with Gasteiger partial charge >= 0.3 is 0 Å². The molecule has 1 aromatic heterocycles. The van der Waals surface area contributed by atoms with E-state index in [0.29, 0.717) is 40.6 Å². The van der Waals surface area contributed by atoms with E-state index < -0.39 is 0 Å². The lowest BCUT2D eigenvalue weighted by atomic mass is 9.94. The van der Waals surface area contributed by atoms with Crippen LogP contribution in [-0.4, -0.2) is 39.3 Å². The van der Waals surface area contributed by atoms with Gasteiger partial charge in [-0.05, 0) is 42.7 Å². The molecular formula is C25H26N4O4. The molecule has 1 aliphatic carbocycles. The Kier molecular flexibility index (Phi) is 5.44. The van der Waals surface area contributed by atoms with Gasteiger partial charge in [-0.2, -0.15) is 4.98 Å². The van der Waals surface area contributed by atoms with Gasteiger partial charge in [0.1, 0.15) is 6.04 Å². The van der Waals surface area contributed by atoms with Gasteiger partial charge in [-0.3, -0.25) is 19.3 Å². The zero-order valence-electron chi connectivity index (χ0n) is 18.7. The minimum Gasteiger partial charge on any atom is -0.344 e. The molecular weight excluding hydrogens is 420 g/mol. The molecule has 0 bridgehead atoms. The summed E-state index contributed by atoms with van der Waals surface area (Å²) in [5.41, 5.74) is 1.05. The molecule has 1 fully saturated rings. The summed E-state index contributed by atoms with van der Waals surface area (Å²) in [7, 11) is 0. The predicted molar refractivity (Wildman–Crippen MR) is 121 cm³/mol. The van der Waals surface area contributed by atoms with Gasteiger partial charge in [0.25, 0.3) is 11.8 Å². The highest BCUT2D eigenvalue weighted by atomic mass is 16.5. The highest BCUT2D eigenvalue weighted by Crippen LogP contribution is 2.38. The molecule has 3 aromatic rings. The number of rotatable bonds is 8. The van der Waals surface area contributed by atoms with E-state index in [2.05, 4.69) is 15.5 Å². The molecule has 2 aromatic carbocycles. The Morgan fingerprint density at radius 2 is 1.79 bits per heavy atom. The summed E-state index contributed by atoms with van der Waals surface area (Å²) in [6, 6.07) is 10.5. The summed E-state index contributed by atoms with van der Waals surface area (Å²) >= 11 is 0. The average molecular weight is 447 g/mol. The van der Waals surface area contributed by atoms with Gasteiger partial charge in [-0.25, -0.2) is 0 Å². The fraction of sp³-hybridized carbons (Fsp3) is 0.400. The van der Waals surface area contributed by atoms with Crippen LogP contribution < -0.4 is 5.32 Å². The van der Waals surface area contributed by atoms with E-state index in [-0.39, 0.29) is 42.6 Å². The largest absolute Gasteiger partial charge is 0.344 e. The first-order valence-corrected chi connectivity index (χ1v) is 11.4. The van der Waals surface area contributed by atoms with Crippen LogP contribution in [0.15, 0.2) is 40.9 Å². The Morgan fingerprint density at radius 1 is 1.12 bits per heavy atom. The summed E-state index contributed by atoms with van der Waals surface area (Å²) in [6.45, 7) is 4.14. The second-order valence-electron chi connectivity index (χ2n) is 9.13. The number of carbonyl (C=O) groups is 3. The quantitative estimate of drug-likeness (QED) is 0.525. The molecule has 3 amide bonds. The van der Waals surface area contributed by atoms with Crippen LogP contribution in [0.4, 0.5) is 0 Å². The Morgan fingerprint density at radius 3 is 2.39 bits per heavy atom. The number of carbonyl (C=O) groups excluding carboxylic acids is 3. The van der Waals surface area contributed by atoms with Crippen molar-refractivity contribution in [1.29, 1.82) is 0 Å². The molecule has 0 saturated heterocycles. The maximum atomic E-state index is 13.0. The minimum absolute atomic E-state index is 0.0729. The van der Waals surface area contributed by atoms with Crippen molar-refractivity contribution in [3.63, 3.8) is 0 Å². The SMILES string of the molecule is CC(C)C(NC(=O)CCCN1C(=O)c2cccc3cccc(c23)C1=O)c1nc(C2CC2)no1. The fourth-order valence-electron chi connectivity index (χ4n) is 4.32. The topological polar surface area (TPSA) is 105 Å². The van der Waals surface area contributed by atoms with Crippen molar-refractivity contribution in [1.82, 2.24) is 20.4 Å². The average Bonchev–Trinajstić information content (AvgIpc) is 3.55. The van der Waals surface area contributed by atoms with E-state index in [1.807, 2.05) is 38.1 Å². The van der Waals surface area contributed by atoms with Crippen LogP contribution in [0.5, 0.6) is 0 Å². The third-order valence-corrected chi connectivity index (χ3v) is 6.29. The van der Waals surface area contributed by atoms with Crippen molar-refractivity contribution in [2.75, 3.05) is 6.54 Å². The summed E-state index contributed by atoms with van der Waals surface area (Å²) in [4.78, 5) is 44.3. The molecule has 8 nitrogen and oxygen atoms in total. The first-order valence-electron chi connectivity index (χ1n) is 11.4. The lowest BCUT2D eigenvalue weighted by molar-refractivity contribution is -0.122. The molecule has 5 rings (SSSR count). The van der Waals surface area contributed by atoms with E-state index in [9.17, 15) is 14.4 Å². The second-order valence-corrected chi connectivity index (χ2v) is 9.13. The summed E-state index contributed by atoms with van der Waals surface area (Å²) < 4.78 is 5.41. The smallest absolute Gasteiger partial charge is 0.261 e. The number of nitrogens with one attached hydrogen (secondary N) is 1. The van der Waals surface area contributed by atoms with Crippen molar-refractivity contribution >= 4 is 28.5 Å². The van der Waals surface area contributed by atoms with Gasteiger partial charge in [-0.15, -0.1) is 0 Å². The Hall–Kier alpha value is -3.55. The monoisotopic (exact) mass is 446 g/mol. The highest BCUT2D eigenvalue weighted by Gasteiger charge is 2.33. The first kappa shape index (κ1) is 21.3. The number of hydrogen-bond donors (Lipinski definition) is 1. The Bertz CT molecular complexity index is 1190. The zero-order chi connectivity index (χ0) is 23.1. The van der Waals surface area contributed by atoms with Crippen molar-refractivity contribution in [2.45, 2.75) is 51.5 Å². The maximum absolute atomic E-state index is 13.0. The van der Waals surface area contributed by atoms with E-state index in [1.54, 1.807) is 12.1 Å². The molecule has 170 valence electrons. The van der Waals surface area contributed by atoms with Gasteiger partial charge in [0, 0.05) is 35.4 Å². The van der Waals surface area contributed by atoms with Crippen molar-refractivity contribution < 1.29 is 18.9 Å².